The van der Waals surface area contributed by atoms with Crippen molar-refractivity contribution in [3.8, 4) is 0 Å². The van der Waals surface area contributed by atoms with E-state index in [1.807, 2.05) is 6.07 Å². The number of nitrogens with zero attached hydrogens (tertiary/aromatic N) is 3. The molecule has 0 radical (unpaired) electrons. The molecule has 1 aliphatic rings. The number of pyridine rings is 1. The SMILES string of the molecule is CN1CCC(=O)N(Cc2cc3nccc(Cl)c3s2)C1=O. The van der Waals surface area contributed by atoms with E-state index in [0.29, 0.717) is 18.0 Å². The van der Waals surface area contributed by atoms with E-state index in [4.69, 9.17) is 11.6 Å². The monoisotopic (exact) mass is 309 g/mol. The fraction of sp³-hybridized carbons (Fsp3) is 0.308. The van der Waals surface area contributed by atoms with Crippen LogP contribution in [0.25, 0.3) is 10.2 Å². The molecule has 3 heterocycles. The number of fused-ring (bicyclic) bond motifs is 1. The van der Waals surface area contributed by atoms with Crippen molar-refractivity contribution in [1.82, 2.24) is 14.8 Å². The van der Waals surface area contributed by atoms with Crippen molar-refractivity contribution in [1.29, 1.82) is 0 Å². The molecule has 0 N–H and O–H groups in total. The lowest BCUT2D eigenvalue weighted by atomic mass is 10.2. The van der Waals surface area contributed by atoms with Gasteiger partial charge in [-0.2, -0.15) is 0 Å². The number of imide groups is 1. The lowest BCUT2D eigenvalue weighted by molar-refractivity contribution is -0.131. The zero-order valence-corrected chi connectivity index (χ0v) is 12.4. The maximum atomic E-state index is 12.0. The maximum absolute atomic E-state index is 12.0. The summed E-state index contributed by atoms with van der Waals surface area (Å²) in [5.74, 6) is -0.135. The second kappa shape index (κ2) is 5.03. The fourth-order valence-corrected chi connectivity index (χ4v) is 3.43. The van der Waals surface area contributed by atoms with Crippen molar-refractivity contribution in [2.24, 2.45) is 0 Å². The third-order valence-electron chi connectivity index (χ3n) is 3.25. The molecule has 1 fully saturated rings. The summed E-state index contributed by atoms with van der Waals surface area (Å²) >= 11 is 7.57. The molecule has 0 aliphatic carbocycles. The van der Waals surface area contributed by atoms with Gasteiger partial charge in [-0.25, -0.2) is 4.79 Å². The van der Waals surface area contributed by atoms with Gasteiger partial charge >= 0.3 is 6.03 Å². The number of aromatic nitrogens is 1. The van der Waals surface area contributed by atoms with Crippen LogP contribution in [-0.2, 0) is 11.3 Å². The molecule has 0 unspecified atom stereocenters. The van der Waals surface area contributed by atoms with E-state index in [-0.39, 0.29) is 18.5 Å². The Morgan fingerprint density at radius 3 is 3.00 bits per heavy atom. The van der Waals surface area contributed by atoms with E-state index >= 15 is 0 Å². The van der Waals surface area contributed by atoms with E-state index in [0.717, 1.165) is 15.1 Å². The van der Waals surface area contributed by atoms with Crippen molar-refractivity contribution < 1.29 is 9.59 Å². The molecule has 1 aliphatic heterocycles. The molecule has 3 rings (SSSR count). The minimum absolute atomic E-state index is 0.135. The van der Waals surface area contributed by atoms with E-state index in [1.54, 1.807) is 24.2 Å². The minimum Gasteiger partial charge on any atom is -0.327 e. The molecule has 1 saturated heterocycles. The van der Waals surface area contributed by atoms with Crippen molar-refractivity contribution in [3.63, 3.8) is 0 Å². The van der Waals surface area contributed by atoms with Crippen molar-refractivity contribution in [3.05, 3.63) is 28.2 Å². The predicted octanol–water partition coefficient (Wildman–Crippen LogP) is 2.73. The van der Waals surface area contributed by atoms with Crippen LogP contribution in [-0.4, -0.2) is 40.3 Å². The first kappa shape index (κ1) is 13.3. The normalized spacial score (nSPS) is 16.3. The van der Waals surface area contributed by atoms with Gasteiger partial charge in [-0.1, -0.05) is 11.6 Å². The van der Waals surface area contributed by atoms with Crippen molar-refractivity contribution in [2.45, 2.75) is 13.0 Å². The summed E-state index contributed by atoms with van der Waals surface area (Å²) in [6.07, 6.45) is 2.01. The van der Waals surface area contributed by atoms with E-state index in [9.17, 15) is 9.59 Å². The van der Waals surface area contributed by atoms with Crippen molar-refractivity contribution in [2.75, 3.05) is 13.6 Å². The first-order valence-electron chi connectivity index (χ1n) is 6.14. The van der Waals surface area contributed by atoms with Crippen LogP contribution >= 0.6 is 22.9 Å². The highest BCUT2D eigenvalue weighted by Gasteiger charge is 2.30. The van der Waals surface area contributed by atoms with E-state index < -0.39 is 0 Å². The highest BCUT2D eigenvalue weighted by Crippen LogP contribution is 2.31. The Labute approximate surface area is 124 Å². The molecule has 0 aromatic carbocycles. The number of amides is 3. The van der Waals surface area contributed by atoms with E-state index in [1.165, 1.54) is 16.2 Å². The molecule has 5 nitrogen and oxygen atoms in total. The summed E-state index contributed by atoms with van der Waals surface area (Å²) in [6.45, 7) is 0.757. The Kier molecular flexibility index (Phi) is 3.35. The molecule has 2 aromatic rings. The van der Waals surface area contributed by atoms with Gasteiger partial charge in [0.2, 0.25) is 5.91 Å². The lowest BCUT2D eigenvalue weighted by Crippen LogP contribution is -2.49. The van der Waals surface area contributed by atoms with Gasteiger partial charge in [-0.05, 0) is 12.1 Å². The number of halogens is 1. The van der Waals surface area contributed by atoms with Gasteiger partial charge in [-0.3, -0.25) is 14.7 Å². The standard InChI is InChI=1S/C13H12ClN3O2S/c1-16-5-3-11(18)17(13(16)19)7-8-6-10-12(20-8)9(14)2-4-15-10/h2,4,6H,3,5,7H2,1H3. The molecule has 104 valence electrons. The summed E-state index contributed by atoms with van der Waals surface area (Å²) in [5.41, 5.74) is 0.794. The summed E-state index contributed by atoms with van der Waals surface area (Å²) < 4.78 is 0.884. The molecule has 20 heavy (non-hydrogen) atoms. The van der Waals surface area contributed by atoms with Crippen LogP contribution in [0.1, 0.15) is 11.3 Å². The number of carbonyl (C=O) groups excluding carboxylic acids is 2. The van der Waals surface area contributed by atoms with Crippen molar-refractivity contribution >= 4 is 45.1 Å². The van der Waals surface area contributed by atoms with Gasteiger partial charge in [-0.15, -0.1) is 11.3 Å². The minimum atomic E-state index is -0.252. The average molecular weight is 310 g/mol. The lowest BCUT2D eigenvalue weighted by Gasteiger charge is -2.31. The number of hydrogen-bond donors (Lipinski definition) is 0. The van der Waals surface area contributed by atoms with Gasteiger partial charge in [0.25, 0.3) is 0 Å². The zero-order chi connectivity index (χ0) is 14.3. The van der Waals surface area contributed by atoms with Crippen LogP contribution in [0.2, 0.25) is 5.02 Å². The fourth-order valence-electron chi connectivity index (χ4n) is 2.15. The number of thiophene rings is 1. The summed E-state index contributed by atoms with van der Waals surface area (Å²) in [7, 11) is 1.70. The number of hydrogen-bond acceptors (Lipinski definition) is 4. The molecule has 0 bridgehead atoms. The Bertz CT molecular complexity index is 700. The average Bonchev–Trinajstić information content (AvgIpc) is 2.83. The number of urea groups is 1. The Morgan fingerprint density at radius 1 is 1.45 bits per heavy atom. The van der Waals surface area contributed by atoms with Crippen LogP contribution in [0.15, 0.2) is 18.3 Å². The zero-order valence-electron chi connectivity index (χ0n) is 10.8. The van der Waals surface area contributed by atoms with Crippen LogP contribution < -0.4 is 0 Å². The number of rotatable bonds is 2. The first-order valence-corrected chi connectivity index (χ1v) is 7.34. The Hall–Kier alpha value is -1.66. The number of carbonyl (C=O) groups is 2. The van der Waals surface area contributed by atoms with Gasteiger partial charge in [0, 0.05) is 31.1 Å². The first-order chi connectivity index (χ1) is 9.56. The maximum Gasteiger partial charge on any atom is 0.326 e. The second-order valence-corrected chi connectivity index (χ2v) is 6.20. The van der Waals surface area contributed by atoms with Crippen LogP contribution in [0.5, 0.6) is 0 Å². The van der Waals surface area contributed by atoms with Gasteiger partial charge in [0.1, 0.15) is 0 Å². The third kappa shape index (κ3) is 2.25. The Balaban J connectivity index is 1.90. The molecule has 0 atom stereocenters. The molecule has 0 spiro atoms. The van der Waals surface area contributed by atoms with E-state index in [2.05, 4.69) is 4.98 Å². The largest absolute Gasteiger partial charge is 0.327 e. The summed E-state index contributed by atoms with van der Waals surface area (Å²) in [4.78, 5) is 31.9. The molecule has 0 saturated carbocycles. The molecular formula is C13H12ClN3O2S. The summed E-state index contributed by atoms with van der Waals surface area (Å²) in [6, 6.07) is 3.36. The van der Waals surface area contributed by atoms with Gasteiger partial charge in [0.15, 0.2) is 0 Å². The summed E-state index contributed by atoms with van der Waals surface area (Å²) in [5, 5.41) is 0.639. The molecular weight excluding hydrogens is 298 g/mol. The predicted molar refractivity (Wildman–Crippen MR) is 77.8 cm³/mol. The van der Waals surface area contributed by atoms with Crippen LogP contribution in [0, 0.1) is 0 Å². The molecule has 7 heteroatoms. The van der Waals surface area contributed by atoms with Crippen LogP contribution in [0.3, 0.4) is 0 Å². The Morgan fingerprint density at radius 2 is 2.25 bits per heavy atom. The molecule has 2 aromatic heterocycles. The molecule has 3 amide bonds. The highest BCUT2D eigenvalue weighted by atomic mass is 35.5. The second-order valence-electron chi connectivity index (χ2n) is 4.65. The van der Waals surface area contributed by atoms with Gasteiger partial charge < -0.3 is 4.90 Å². The van der Waals surface area contributed by atoms with Crippen LogP contribution in [0.4, 0.5) is 4.79 Å². The third-order valence-corrected chi connectivity index (χ3v) is 4.82. The quantitative estimate of drug-likeness (QED) is 0.857. The smallest absolute Gasteiger partial charge is 0.326 e. The highest BCUT2D eigenvalue weighted by molar-refractivity contribution is 7.19. The topological polar surface area (TPSA) is 53.5 Å². The van der Waals surface area contributed by atoms with Gasteiger partial charge in [0.05, 0.1) is 21.8 Å².